The van der Waals surface area contributed by atoms with Gasteiger partial charge in [-0.2, -0.15) is 0 Å². The third-order valence-corrected chi connectivity index (χ3v) is 4.29. The Balaban J connectivity index is 1.96. The third-order valence-electron chi connectivity index (χ3n) is 4.07. The van der Waals surface area contributed by atoms with Crippen molar-refractivity contribution in [1.82, 2.24) is 14.8 Å². The zero-order valence-corrected chi connectivity index (χ0v) is 14.5. The number of carbonyl (C=O) groups is 1. The molecule has 22 heavy (non-hydrogen) atoms. The molecule has 122 valence electrons. The van der Waals surface area contributed by atoms with Crippen LogP contribution in [-0.2, 0) is 4.79 Å². The van der Waals surface area contributed by atoms with Gasteiger partial charge in [0.2, 0.25) is 5.91 Å². The maximum Gasteiger partial charge on any atom is 0.240 e. The van der Waals surface area contributed by atoms with E-state index in [0.717, 1.165) is 32.0 Å². The van der Waals surface area contributed by atoms with Crippen LogP contribution in [0.1, 0.15) is 13.8 Å². The molecule has 1 aliphatic heterocycles. The molecule has 1 saturated heterocycles. The lowest BCUT2D eigenvalue weighted by Gasteiger charge is -2.39. The van der Waals surface area contributed by atoms with E-state index in [-0.39, 0.29) is 11.9 Å². The van der Waals surface area contributed by atoms with E-state index >= 15 is 0 Å². The van der Waals surface area contributed by atoms with Crippen molar-refractivity contribution in [3.05, 3.63) is 23.4 Å². The van der Waals surface area contributed by atoms with Gasteiger partial charge >= 0.3 is 0 Å². The Kier molecular flexibility index (Phi) is 5.64. The molecule has 0 saturated carbocycles. The molecule has 0 aromatic carbocycles. The van der Waals surface area contributed by atoms with Crippen molar-refractivity contribution in [2.75, 3.05) is 45.2 Å². The molecule has 1 aromatic rings. The van der Waals surface area contributed by atoms with Crippen molar-refractivity contribution in [2.24, 2.45) is 5.92 Å². The maximum absolute atomic E-state index is 12.7. The van der Waals surface area contributed by atoms with Crippen LogP contribution >= 0.6 is 11.6 Å². The maximum atomic E-state index is 12.7. The first-order chi connectivity index (χ1) is 10.4. The predicted molar refractivity (Wildman–Crippen MR) is 90.4 cm³/mol. The first-order valence-electron chi connectivity index (χ1n) is 7.72. The Morgan fingerprint density at radius 2 is 1.86 bits per heavy atom. The lowest BCUT2D eigenvalue weighted by molar-refractivity contribution is -0.137. The number of anilines is 1. The number of amides is 1. The van der Waals surface area contributed by atoms with Gasteiger partial charge in [0, 0.05) is 32.4 Å². The second kappa shape index (κ2) is 7.29. The van der Waals surface area contributed by atoms with Gasteiger partial charge < -0.3 is 9.80 Å². The molecule has 0 radical (unpaired) electrons. The molecule has 1 fully saturated rings. The summed E-state index contributed by atoms with van der Waals surface area (Å²) in [5, 5.41) is 0.642. The number of aromatic nitrogens is 1. The molecule has 1 aromatic heterocycles. The number of pyridine rings is 1. The molecule has 0 N–H and O–H groups in total. The van der Waals surface area contributed by atoms with Gasteiger partial charge in [0.1, 0.15) is 5.82 Å². The predicted octanol–water partition coefficient (Wildman–Crippen LogP) is 1.97. The van der Waals surface area contributed by atoms with Crippen LogP contribution in [0.25, 0.3) is 0 Å². The molecule has 1 atom stereocenters. The van der Waals surface area contributed by atoms with Gasteiger partial charge in [-0.15, -0.1) is 0 Å². The summed E-state index contributed by atoms with van der Waals surface area (Å²) in [7, 11) is 3.94. The summed E-state index contributed by atoms with van der Waals surface area (Å²) >= 11 is 5.87. The average Bonchev–Trinajstić information content (AvgIpc) is 2.47. The van der Waals surface area contributed by atoms with E-state index in [1.165, 1.54) is 0 Å². The number of hydrogen-bond donors (Lipinski definition) is 0. The number of halogens is 1. The Hall–Kier alpha value is -1.33. The Bertz CT molecular complexity index is 487. The van der Waals surface area contributed by atoms with E-state index in [1.807, 2.05) is 36.0 Å². The number of piperazine rings is 1. The summed E-state index contributed by atoms with van der Waals surface area (Å²) in [6.07, 6.45) is 1.66. The number of carbonyl (C=O) groups excluding carboxylic acids is 1. The first-order valence-corrected chi connectivity index (χ1v) is 8.09. The van der Waals surface area contributed by atoms with Gasteiger partial charge in [0.25, 0.3) is 0 Å². The Labute approximate surface area is 137 Å². The minimum absolute atomic E-state index is 0.0554. The van der Waals surface area contributed by atoms with E-state index < -0.39 is 0 Å². The second-order valence-corrected chi connectivity index (χ2v) is 6.74. The summed E-state index contributed by atoms with van der Waals surface area (Å²) in [5.41, 5.74) is 0. The van der Waals surface area contributed by atoms with Crippen LogP contribution in [0, 0.1) is 5.92 Å². The van der Waals surface area contributed by atoms with Crippen molar-refractivity contribution in [3.63, 3.8) is 0 Å². The molecule has 2 heterocycles. The molecule has 1 amide bonds. The lowest BCUT2D eigenvalue weighted by Crippen LogP contribution is -2.55. The minimum atomic E-state index is -0.0554. The highest BCUT2D eigenvalue weighted by Gasteiger charge is 2.31. The fraction of sp³-hybridized carbons (Fsp3) is 0.625. The quantitative estimate of drug-likeness (QED) is 0.849. The van der Waals surface area contributed by atoms with E-state index in [1.54, 1.807) is 6.20 Å². The topological polar surface area (TPSA) is 39.7 Å². The highest BCUT2D eigenvalue weighted by molar-refractivity contribution is 6.30. The second-order valence-electron chi connectivity index (χ2n) is 6.30. The van der Waals surface area contributed by atoms with E-state index in [4.69, 9.17) is 11.6 Å². The van der Waals surface area contributed by atoms with Crippen molar-refractivity contribution < 1.29 is 4.79 Å². The Morgan fingerprint density at radius 1 is 1.23 bits per heavy atom. The van der Waals surface area contributed by atoms with Gasteiger partial charge in [-0.25, -0.2) is 4.98 Å². The van der Waals surface area contributed by atoms with Gasteiger partial charge in [0.15, 0.2) is 0 Å². The summed E-state index contributed by atoms with van der Waals surface area (Å²) < 4.78 is 0. The van der Waals surface area contributed by atoms with Crippen molar-refractivity contribution in [3.8, 4) is 0 Å². The third kappa shape index (κ3) is 3.90. The lowest BCUT2D eigenvalue weighted by atomic mass is 10.0. The van der Waals surface area contributed by atoms with Gasteiger partial charge in [-0.1, -0.05) is 25.4 Å². The van der Waals surface area contributed by atoms with Crippen LogP contribution in [0.4, 0.5) is 5.82 Å². The van der Waals surface area contributed by atoms with Gasteiger partial charge in [0.05, 0.1) is 11.1 Å². The zero-order valence-electron chi connectivity index (χ0n) is 13.8. The molecule has 1 aliphatic rings. The summed E-state index contributed by atoms with van der Waals surface area (Å²) in [5.74, 6) is 1.45. The molecule has 6 heteroatoms. The fourth-order valence-corrected chi connectivity index (χ4v) is 3.11. The standard InChI is InChI=1S/C16H25ClN4O/c1-12(2)15(19(3)4)16(22)21-9-7-20(8-10-21)14-6-5-13(17)11-18-14/h5-6,11-12,15H,7-10H2,1-4H3/t15-/m0/s1. The highest BCUT2D eigenvalue weighted by Crippen LogP contribution is 2.18. The van der Waals surface area contributed by atoms with Crippen LogP contribution in [0.2, 0.25) is 5.02 Å². The Morgan fingerprint density at radius 3 is 2.32 bits per heavy atom. The minimum Gasteiger partial charge on any atom is -0.353 e. The zero-order chi connectivity index (χ0) is 16.3. The van der Waals surface area contributed by atoms with Crippen LogP contribution in [0.15, 0.2) is 18.3 Å². The largest absolute Gasteiger partial charge is 0.353 e. The fourth-order valence-electron chi connectivity index (χ4n) is 3.00. The van der Waals surface area contributed by atoms with E-state index in [0.29, 0.717) is 10.9 Å². The molecule has 0 aliphatic carbocycles. The number of likely N-dealkylation sites (N-methyl/N-ethyl adjacent to an activating group) is 1. The van der Waals surface area contributed by atoms with Crippen molar-refractivity contribution in [2.45, 2.75) is 19.9 Å². The molecule has 5 nitrogen and oxygen atoms in total. The van der Waals surface area contributed by atoms with Crippen LogP contribution in [-0.4, -0.2) is 67.0 Å². The molecular formula is C16H25ClN4O. The monoisotopic (exact) mass is 324 g/mol. The number of rotatable bonds is 4. The molecule has 0 unspecified atom stereocenters. The van der Waals surface area contributed by atoms with Gasteiger partial charge in [-0.3, -0.25) is 9.69 Å². The summed E-state index contributed by atoms with van der Waals surface area (Å²) in [6.45, 7) is 7.27. The number of hydrogen-bond acceptors (Lipinski definition) is 4. The van der Waals surface area contributed by atoms with Crippen molar-refractivity contribution in [1.29, 1.82) is 0 Å². The molecule has 0 bridgehead atoms. The number of nitrogens with zero attached hydrogens (tertiary/aromatic N) is 4. The average molecular weight is 325 g/mol. The molecular weight excluding hydrogens is 300 g/mol. The summed E-state index contributed by atoms with van der Waals surface area (Å²) in [6, 6.07) is 3.72. The first kappa shape index (κ1) is 17.0. The highest BCUT2D eigenvalue weighted by atomic mass is 35.5. The normalized spacial score (nSPS) is 17.2. The van der Waals surface area contributed by atoms with E-state index in [9.17, 15) is 4.79 Å². The van der Waals surface area contributed by atoms with Crippen molar-refractivity contribution >= 4 is 23.3 Å². The van der Waals surface area contributed by atoms with Crippen LogP contribution in [0.5, 0.6) is 0 Å². The smallest absolute Gasteiger partial charge is 0.240 e. The SMILES string of the molecule is CC(C)[C@@H](C(=O)N1CCN(c2ccc(Cl)cn2)CC1)N(C)C. The summed E-state index contributed by atoms with van der Waals surface area (Å²) in [4.78, 5) is 23.2. The van der Waals surface area contributed by atoms with E-state index in [2.05, 4.69) is 23.7 Å². The van der Waals surface area contributed by atoms with Crippen LogP contribution in [0.3, 0.4) is 0 Å². The van der Waals surface area contributed by atoms with Gasteiger partial charge in [-0.05, 0) is 32.1 Å². The molecule has 2 rings (SSSR count). The van der Waals surface area contributed by atoms with Crippen LogP contribution < -0.4 is 4.90 Å². The molecule has 0 spiro atoms.